The lowest BCUT2D eigenvalue weighted by atomic mass is 10.1. The number of rotatable bonds is 5. The Bertz CT molecular complexity index is 989. The summed E-state index contributed by atoms with van der Waals surface area (Å²) in [5.74, 6) is -0.865. The predicted octanol–water partition coefficient (Wildman–Crippen LogP) is 2.53. The van der Waals surface area contributed by atoms with Crippen molar-refractivity contribution in [2.75, 3.05) is 23.3 Å². The molecule has 0 atom stereocenters. The van der Waals surface area contributed by atoms with Gasteiger partial charge in [0, 0.05) is 42.4 Å². The number of anilines is 2. The van der Waals surface area contributed by atoms with E-state index >= 15 is 0 Å². The number of nitrogens with one attached hydrogen (secondary N) is 1. The fraction of sp³-hybridized carbons (Fsp3) is 0.300. The Labute approximate surface area is 161 Å². The molecule has 0 saturated carbocycles. The van der Waals surface area contributed by atoms with Crippen LogP contribution in [0.2, 0.25) is 0 Å². The monoisotopic (exact) mass is 379 g/mol. The predicted molar refractivity (Wildman–Crippen MR) is 105 cm³/mol. The summed E-state index contributed by atoms with van der Waals surface area (Å²) >= 11 is 0. The molecule has 0 spiro atoms. The molecule has 0 radical (unpaired) electrons. The maximum atomic E-state index is 12.3. The van der Waals surface area contributed by atoms with Crippen LogP contribution in [0.15, 0.2) is 58.0 Å². The number of benzene rings is 1. The number of aromatic nitrogens is 3. The number of carbonyl (C=O) groups is 1. The van der Waals surface area contributed by atoms with Crippen LogP contribution in [-0.2, 0) is 11.3 Å². The number of pyridine rings is 1. The fourth-order valence-electron chi connectivity index (χ4n) is 3.26. The molecule has 1 aliphatic rings. The molecule has 2 aromatic heterocycles. The standard InChI is InChI=1S/C20H21N5O3/c26-18(14-25-20(27)28-19(23-25)15-8-10-21-11-9-15)22-16-4-6-17(7-5-16)24-12-2-1-3-13-24/h4-11H,1-3,12-14H2,(H,22,26). The van der Waals surface area contributed by atoms with Gasteiger partial charge in [-0.25, -0.2) is 4.79 Å². The Morgan fingerprint density at radius 2 is 1.75 bits per heavy atom. The van der Waals surface area contributed by atoms with Crippen molar-refractivity contribution in [3.8, 4) is 11.5 Å². The first-order valence-corrected chi connectivity index (χ1v) is 9.32. The minimum Gasteiger partial charge on any atom is -0.388 e. The zero-order valence-electron chi connectivity index (χ0n) is 15.4. The number of hydrogen-bond acceptors (Lipinski definition) is 6. The summed E-state index contributed by atoms with van der Waals surface area (Å²) in [6, 6.07) is 11.1. The number of hydrogen-bond donors (Lipinski definition) is 1. The fourth-order valence-corrected chi connectivity index (χ4v) is 3.26. The van der Waals surface area contributed by atoms with Gasteiger partial charge >= 0.3 is 5.76 Å². The second kappa shape index (κ2) is 8.08. The van der Waals surface area contributed by atoms with Crippen LogP contribution in [0.1, 0.15) is 19.3 Å². The van der Waals surface area contributed by atoms with Gasteiger partial charge in [0.25, 0.3) is 0 Å². The van der Waals surface area contributed by atoms with Crippen LogP contribution >= 0.6 is 0 Å². The van der Waals surface area contributed by atoms with Gasteiger partial charge in [-0.1, -0.05) is 0 Å². The summed E-state index contributed by atoms with van der Waals surface area (Å²) in [5.41, 5.74) is 2.46. The summed E-state index contributed by atoms with van der Waals surface area (Å²) in [6.45, 7) is 1.92. The topological polar surface area (TPSA) is 93.3 Å². The van der Waals surface area contributed by atoms with E-state index in [-0.39, 0.29) is 18.3 Å². The van der Waals surface area contributed by atoms with Crippen LogP contribution in [0.3, 0.4) is 0 Å². The first kappa shape index (κ1) is 18.0. The van der Waals surface area contributed by atoms with Crippen molar-refractivity contribution in [2.45, 2.75) is 25.8 Å². The van der Waals surface area contributed by atoms with Gasteiger partial charge < -0.3 is 14.6 Å². The molecule has 1 amide bonds. The molecule has 144 valence electrons. The highest BCUT2D eigenvalue weighted by molar-refractivity contribution is 5.90. The van der Waals surface area contributed by atoms with E-state index in [1.54, 1.807) is 24.5 Å². The minimum absolute atomic E-state index is 0.158. The summed E-state index contributed by atoms with van der Waals surface area (Å²) in [4.78, 5) is 30.5. The molecular weight excluding hydrogens is 358 g/mol. The largest absolute Gasteiger partial charge is 0.437 e. The molecule has 0 bridgehead atoms. The van der Waals surface area contributed by atoms with Crippen LogP contribution in [0, 0.1) is 0 Å². The lowest BCUT2D eigenvalue weighted by Crippen LogP contribution is -2.29. The normalized spacial score (nSPS) is 14.1. The maximum absolute atomic E-state index is 12.3. The van der Waals surface area contributed by atoms with Crippen molar-refractivity contribution in [1.82, 2.24) is 14.8 Å². The highest BCUT2D eigenvalue weighted by atomic mass is 16.4. The third-order valence-electron chi connectivity index (χ3n) is 4.70. The Morgan fingerprint density at radius 3 is 2.46 bits per heavy atom. The molecule has 8 heteroatoms. The van der Waals surface area contributed by atoms with E-state index in [1.807, 2.05) is 24.3 Å². The molecule has 4 rings (SSSR count). The second-order valence-corrected chi connectivity index (χ2v) is 6.71. The summed E-state index contributed by atoms with van der Waals surface area (Å²) in [7, 11) is 0. The van der Waals surface area contributed by atoms with Crippen LogP contribution < -0.4 is 16.0 Å². The lowest BCUT2D eigenvalue weighted by Gasteiger charge is -2.28. The quantitative estimate of drug-likeness (QED) is 0.732. The van der Waals surface area contributed by atoms with Gasteiger partial charge in [0.05, 0.1) is 0 Å². The van der Waals surface area contributed by atoms with E-state index in [1.165, 1.54) is 19.3 Å². The summed E-state index contributed by atoms with van der Waals surface area (Å²) < 4.78 is 6.12. The molecular formula is C20H21N5O3. The SMILES string of the molecule is O=C(Cn1nc(-c2ccncc2)oc1=O)Nc1ccc(N2CCCCC2)cc1. The number of piperidine rings is 1. The van der Waals surface area contributed by atoms with Crippen LogP contribution in [-0.4, -0.2) is 33.8 Å². The summed E-state index contributed by atoms with van der Waals surface area (Å²) in [5, 5.41) is 6.87. The van der Waals surface area contributed by atoms with Crippen LogP contribution in [0.5, 0.6) is 0 Å². The van der Waals surface area contributed by atoms with Crippen molar-refractivity contribution in [2.24, 2.45) is 0 Å². The Balaban J connectivity index is 1.39. The Kier molecular flexibility index (Phi) is 5.18. The first-order chi connectivity index (χ1) is 13.7. The van der Waals surface area contributed by atoms with E-state index in [0.29, 0.717) is 11.3 Å². The van der Waals surface area contributed by atoms with Crippen LogP contribution in [0.25, 0.3) is 11.5 Å². The zero-order chi connectivity index (χ0) is 19.3. The van der Waals surface area contributed by atoms with Crippen molar-refractivity contribution < 1.29 is 9.21 Å². The molecule has 1 aromatic carbocycles. The van der Waals surface area contributed by atoms with Crippen molar-refractivity contribution in [3.63, 3.8) is 0 Å². The molecule has 28 heavy (non-hydrogen) atoms. The van der Waals surface area contributed by atoms with E-state index < -0.39 is 5.76 Å². The van der Waals surface area contributed by atoms with E-state index in [0.717, 1.165) is 23.5 Å². The lowest BCUT2D eigenvalue weighted by molar-refractivity contribution is -0.117. The van der Waals surface area contributed by atoms with Gasteiger partial charge in [-0.2, -0.15) is 4.68 Å². The number of amides is 1. The molecule has 3 aromatic rings. The van der Waals surface area contributed by atoms with Gasteiger partial charge in [0.15, 0.2) is 0 Å². The highest BCUT2D eigenvalue weighted by Gasteiger charge is 2.14. The average molecular weight is 379 g/mol. The first-order valence-electron chi connectivity index (χ1n) is 9.32. The molecule has 1 aliphatic heterocycles. The minimum atomic E-state index is -0.678. The number of nitrogens with zero attached hydrogens (tertiary/aromatic N) is 4. The molecule has 1 saturated heterocycles. The third-order valence-corrected chi connectivity index (χ3v) is 4.70. The van der Waals surface area contributed by atoms with Crippen molar-refractivity contribution >= 4 is 17.3 Å². The second-order valence-electron chi connectivity index (χ2n) is 6.71. The van der Waals surface area contributed by atoms with Gasteiger partial charge in [0.1, 0.15) is 6.54 Å². The molecule has 3 heterocycles. The number of carbonyl (C=O) groups excluding carboxylic acids is 1. The van der Waals surface area contributed by atoms with Gasteiger partial charge in [-0.05, 0) is 55.7 Å². The molecule has 1 N–H and O–H groups in total. The van der Waals surface area contributed by atoms with Gasteiger partial charge in [0.2, 0.25) is 11.8 Å². The zero-order valence-corrected chi connectivity index (χ0v) is 15.4. The molecule has 0 unspecified atom stereocenters. The molecule has 0 aliphatic carbocycles. The smallest absolute Gasteiger partial charge is 0.388 e. The highest BCUT2D eigenvalue weighted by Crippen LogP contribution is 2.21. The average Bonchev–Trinajstić information content (AvgIpc) is 3.10. The maximum Gasteiger partial charge on any atom is 0.437 e. The van der Waals surface area contributed by atoms with Gasteiger partial charge in [-0.3, -0.25) is 9.78 Å². The van der Waals surface area contributed by atoms with Crippen LogP contribution in [0.4, 0.5) is 11.4 Å². The van der Waals surface area contributed by atoms with E-state index in [4.69, 9.17) is 4.42 Å². The third kappa shape index (κ3) is 4.11. The van der Waals surface area contributed by atoms with Gasteiger partial charge in [-0.15, -0.1) is 5.10 Å². The molecule has 1 fully saturated rings. The van der Waals surface area contributed by atoms with Crippen molar-refractivity contribution in [3.05, 3.63) is 59.3 Å². The Morgan fingerprint density at radius 1 is 1.04 bits per heavy atom. The van der Waals surface area contributed by atoms with E-state index in [9.17, 15) is 9.59 Å². The Hall–Kier alpha value is -3.42. The van der Waals surface area contributed by atoms with Crippen molar-refractivity contribution in [1.29, 1.82) is 0 Å². The molecule has 8 nitrogen and oxygen atoms in total. The van der Waals surface area contributed by atoms with E-state index in [2.05, 4.69) is 20.3 Å². The summed E-state index contributed by atoms with van der Waals surface area (Å²) in [6.07, 6.45) is 6.87.